The van der Waals surface area contributed by atoms with Gasteiger partial charge in [0.05, 0.1) is 22.4 Å². The summed E-state index contributed by atoms with van der Waals surface area (Å²) in [4.78, 5) is 31.9. The summed E-state index contributed by atoms with van der Waals surface area (Å²) in [6, 6.07) is 4.62. The maximum atomic E-state index is 12.5. The van der Waals surface area contributed by atoms with Gasteiger partial charge in [0.25, 0.3) is 11.6 Å². The van der Waals surface area contributed by atoms with Crippen LogP contribution in [0.3, 0.4) is 0 Å². The first-order valence-electron chi connectivity index (χ1n) is 6.05. The van der Waals surface area contributed by atoms with Gasteiger partial charge in [-0.25, -0.2) is 4.98 Å². The van der Waals surface area contributed by atoms with Crippen molar-refractivity contribution < 1.29 is 9.72 Å². The minimum atomic E-state index is -0.590. The fourth-order valence-corrected chi connectivity index (χ4v) is 1.77. The first kappa shape index (κ1) is 14.4. The molecule has 0 unspecified atom stereocenters. The predicted octanol–water partition coefficient (Wildman–Crippen LogP) is 1.70. The lowest BCUT2D eigenvalue weighted by Crippen LogP contribution is -2.27. The van der Waals surface area contributed by atoms with E-state index < -0.39 is 10.8 Å². The molecule has 2 aromatic heterocycles. The number of amides is 1. The van der Waals surface area contributed by atoms with Crippen molar-refractivity contribution in [3.63, 3.8) is 0 Å². The van der Waals surface area contributed by atoms with Crippen LogP contribution in [0.1, 0.15) is 10.4 Å². The molecule has 0 fully saturated rings. The lowest BCUT2D eigenvalue weighted by Gasteiger charge is -2.18. The third kappa shape index (κ3) is 2.94. The van der Waals surface area contributed by atoms with Crippen LogP contribution in [-0.4, -0.2) is 34.9 Å². The van der Waals surface area contributed by atoms with Crippen molar-refractivity contribution in [3.8, 4) is 0 Å². The van der Waals surface area contributed by atoms with Gasteiger partial charge in [-0.05, 0) is 12.1 Å². The highest BCUT2D eigenvalue weighted by atomic mass is 16.6. The summed E-state index contributed by atoms with van der Waals surface area (Å²) in [5, 5.41) is 13.6. The van der Waals surface area contributed by atoms with E-state index in [4.69, 9.17) is 0 Å². The SMILES string of the molecule is CNc1ncc([N+](=O)[O-])cc1C(=O)N(C)c1cccnc1. The van der Waals surface area contributed by atoms with Crippen LogP contribution in [0.25, 0.3) is 0 Å². The van der Waals surface area contributed by atoms with E-state index in [2.05, 4.69) is 15.3 Å². The Labute approximate surface area is 120 Å². The maximum Gasteiger partial charge on any atom is 0.288 e. The predicted molar refractivity (Wildman–Crippen MR) is 77.4 cm³/mol. The van der Waals surface area contributed by atoms with Crippen LogP contribution in [-0.2, 0) is 0 Å². The van der Waals surface area contributed by atoms with Gasteiger partial charge in [-0.15, -0.1) is 0 Å². The second-order valence-corrected chi connectivity index (χ2v) is 4.17. The molecule has 0 saturated heterocycles. The molecule has 0 aromatic carbocycles. The molecule has 2 heterocycles. The van der Waals surface area contributed by atoms with Crippen LogP contribution < -0.4 is 10.2 Å². The molecule has 2 rings (SSSR count). The molecule has 0 saturated carbocycles. The lowest BCUT2D eigenvalue weighted by molar-refractivity contribution is -0.385. The minimum absolute atomic E-state index is 0.123. The Morgan fingerprint density at radius 3 is 2.76 bits per heavy atom. The summed E-state index contributed by atoms with van der Waals surface area (Å²) in [6.45, 7) is 0. The monoisotopic (exact) mass is 287 g/mol. The van der Waals surface area contributed by atoms with Gasteiger partial charge >= 0.3 is 0 Å². The largest absolute Gasteiger partial charge is 0.372 e. The van der Waals surface area contributed by atoms with Crippen molar-refractivity contribution >= 4 is 23.1 Å². The highest BCUT2D eigenvalue weighted by Gasteiger charge is 2.21. The molecule has 1 N–H and O–H groups in total. The van der Waals surface area contributed by atoms with Crippen molar-refractivity contribution in [3.05, 3.63) is 52.5 Å². The fourth-order valence-electron chi connectivity index (χ4n) is 1.77. The van der Waals surface area contributed by atoms with Crippen LogP contribution in [0.5, 0.6) is 0 Å². The lowest BCUT2D eigenvalue weighted by atomic mass is 10.2. The van der Waals surface area contributed by atoms with E-state index in [-0.39, 0.29) is 17.1 Å². The number of aromatic nitrogens is 2. The summed E-state index contributed by atoms with van der Waals surface area (Å²) in [5.41, 5.74) is 0.464. The number of anilines is 2. The highest BCUT2D eigenvalue weighted by molar-refractivity contribution is 6.09. The Hall–Kier alpha value is -3.03. The Kier molecular flexibility index (Phi) is 4.07. The van der Waals surface area contributed by atoms with E-state index in [1.165, 1.54) is 17.2 Å². The van der Waals surface area contributed by atoms with Gasteiger partial charge in [0.2, 0.25) is 0 Å². The topological polar surface area (TPSA) is 101 Å². The fraction of sp³-hybridized carbons (Fsp3) is 0.154. The Morgan fingerprint density at radius 1 is 1.43 bits per heavy atom. The van der Waals surface area contributed by atoms with Crippen LogP contribution in [0.4, 0.5) is 17.2 Å². The molecule has 0 aliphatic carbocycles. The zero-order valence-corrected chi connectivity index (χ0v) is 11.5. The molecule has 21 heavy (non-hydrogen) atoms. The van der Waals surface area contributed by atoms with Crippen molar-refractivity contribution in [2.24, 2.45) is 0 Å². The third-order valence-electron chi connectivity index (χ3n) is 2.89. The van der Waals surface area contributed by atoms with Crippen LogP contribution in [0.2, 0.25) is 0 Å². The molecule has 0 spiro atoms. The number of hydrogen-bond donors (Lipinski definition) is 1. The Bertz CT molecular complexity index is 675. The van der Waals surface area contributed by atoms with Crippen LogP contribution in [0, 0.1) is 10.1 Å². The summed E-state index contributed by atoms with van der Waals surface area (Å²) in [7, 11) is 3.16. The van der Waals surface area contributed by atoms with Crippen LogP contribution >= 0.6 is 0 Å². The molecule has 1 amide bonds. The quantitative estimate of drug-likeness (QED) is 0.678. The van der Waals surface area contributed by atoms with Gasteiger partial charge in [-0.1, -0.05) is 0 Å². The zero-order chi connectivity index (χ0) is 15.4. The molecule has 8 nitrogen and oxygen atoms in total. The van der Waals surface area contributed by atoms with Gasteiger partial charge < -0.3 is 10.2 Å². The third-order valence-corrected chi connectivity index (χ3v) is 2.89. The molecule has 0 aliphatic rings. The number of carbonyl (C=O) groups excluding carboxylic acids is 1. The normalized spacial score (nSPS) is 10.0. The number of nitrogens with zero attached hydrogens (tertiary/aromatic N) is 4. The zero-order valence-electron chi connectivity index (χ0n) is 11.5. The first-order valence-corrected chi connectivity index (χ1v) is 6.05. The van der Waals surface area contributed by atoms with Crippen molar-refractivity contribution in [1.29, 1.82) is 0 Å². The van der Waals surface area contributed by atoms with Gasteiger partial charge in [0, 0.05) is 26.4 Å². The molecule has 0 atom stereocenters. The number of rotatable bonds is 4. The van der Waals surface area contributed by atoms with Gasteiger partial charge in [-0.3, -0.25) is 19.9 Å². The molecule has 0 aliphatic heterocycles. The smallest absolute Gasteiger partial charge is 0.288 e. The Balaban J connectivity index is 2.42. The molecule has 0 bridgehead atoms. The Morgan fingerprint density at radius 2 is 2.19 bits per heavy atom. The summed E-state index contributed by atoms with van der Waals surface area (Å²) >= 11 is 0. The van der Waals surface area contributed by atoms with E-state index in [0.29, 0.717) is 5.69 Å². The van der Waals surface area contributed by atoms with Crippen LogP contribution in [0.15, 0.2) is 36.8 Å². The average molecular weight is 287 g/mol. The van der Waals surface area contributed by atoms with Gasteiger partial charge in [0.1, 0.15) is 12.0 Å². The maximum absolute atomic E-state index is 12.5. The van der Waals surface area contributed by atoms with E-state index in [0.717, 1.165) is 6.20 Å². The molecular weight excluding hydrogens is 274 g/mol. The van der Waals surface area contributed by atoms with E-state index in [9.17, 15) is 14.9 Å². The second kappa shape index (κ2) is 5.95. The number of nitrogens with one attached hydrogen (secondary N) is 1. The van der Waals surface area contributed by atoms with E-state index >= 15 is 0 Å². The number of hydrogen-bond acceptors (Lipinski definition) is 6. The van der Waals surface area contributed by atoms with Crippen molar-refractivity contribution in [2.75, 3.05) is 24.3 Å². The van der Waals surface area contributed by atoms with E-state index in [1.807, 2.05) is 0 Å². The summed E-state index contributed by atoms with van der Waals surface area (Å²) in [5.74, 6) is -0.134. The molecular formula is C13H13N5O3. The van der Waals surface area contributed by atoms with Gasteiger partial charge in [0.15, 0.2) is 0 Å². The highest BCUT2D eigenvalue weighted by Crippen LogP contribution is 2.22. The number of carbonyl (C=O) groups is 1. The number of pyridine rings is 2. The summed E-state index contributed by atoms with van der Waals surface area (Å²) in [6.07, 6.45) is 4.23. The standard InChI is InChI=1S/C13H13N5O3/c1-14-12-11(6-10(8-16-12)18(20)21)13(19)17(2)9-4-3-5-15-7-9/h3-8H,1-2H3,(H,14,16). The number of nitro groups is 1. The van der Waals surface area contributed by atoms with Crippen molar-refractivity contribution in [2.45, 2.75) is 0 Å². The molecule has 2 aromatic rings. The first-order chi connectivity index (χ1) is 10.0. The molecule has 108 valence electrons. The average Bonchev–Trinajstić information content (AvgIpc) is 2.53. The minimum Gasteiger partial charge on any atom is -0.372 e. The van der Waals surface area contributed by atoms with Crippen molar-refractivity contribution in [1.82, 2.24) is 9.97 Å². The summed E-state index contributed by atoms with van der Waals surface area (Å²) < 4.78 is 0. The molecule has 8 heteroatoms. The second-order valence-electron chi connectivity index (χ2n) is 4.17. The molecule has 0 radical (unpaired) electrons. The van der Waals surface area contributed by atoms with E-state index in [1.54, 1.807) is 32.4 Å². The van der Waals surface area contributed by atoms with Gasteiger partial charge in [-0.2, -0.15) is 0 Å².